The molecular formula is C27H30FN3O4. The summed E-state index contributed by atoms with van der Waals surface area (Å²) in [6.45, 7) is 6.45. The number of fused-ring (bicyclic) bond motifs is 2. The van der Waals surface area contributed by atoms with Crippen LogP contribution in [-0.4, -0.2) is 52.3 Å². The molecule has 35 heavy (non-hydrogen) atoms. The molecule has 2 aromatic carbocycles. The van der Waals surface area contributed by atoms with Crippen LogP contribution in [0.15, 0.2) is 36.5 Å². The van der Waals surface area contributed by atoms with Gasteiger partial charge in [-0.25, -0.2) is 9.18 Å². The van der Waals surface area contributed by atoms with Crippen LogP contribution < -0.4 is 0 Å². The van der Waals surface area contributed by atoms with Crippen LogP contribution in [0, 0.1) is 12.7 Å². The molecule has 0 spiro atoms. The number of nitrogens with one attached hydrogen (secondary N) is 1. The summed E-state index contributed by atoms with van der Waals surface area (Å²) in [7, 11) is 3.13. The van der Waals surface area contributed by atoms with E-state index in [1.54, 1.807) is 26.3 Å². The van der Waals surface area contributed by atoms with E-state index in [1.165, 1.54) is 13.2 Å². The van der Waals surface area contributed by atoms with Crippen molar-refractivity contribution < 1.29 is 23.8 Å². The first-order valence-electron chi connectivity index (χ1n) is 11.7. The Hall–Kier alpha value is -3.23. The van der Waals surface area contributed by atoms with Gasteiger partial charge >= 0.3 is 5.97 Å². The molecule has 184 valence electrons. The molecule has 8 heteroatoms. The summed E-state index contributed by atoms with van der Waals surface area (Å²) >= 11 is 0. The van der Waals surface area contributed by atoms with Crippen molar-refractivity contribution in [2.45, 2.75) is 50.5 Å². The lowest BCUT2D eigenvalue weighted by Crippen LogP contribution is -2.51. The monoisotopic (exact) mass is 479 g/mol. The maximum atomic E-state index is 14.2. The predicted molar refractivity (Wildman–Crippen MR) is 132 cm³/mol. The minimum absolute atomic E-state index is 0.0251. The van der Waals surface area contributed by atoms with Crippen molar-refractivity contribution in [2.75, 3.05) is 20.8 Å². The molecule has 7 nitrogen and oxygen atoms in total. The van der Waals surface area contributed by atoms with E-state index in [-0.39, 0.29) is 11.7 Å². The smallest absolute Gasteiger partial charge is 0.335 e. The van der Waals surface area contributed by atoms with E-state index in [2.05, 4.69) is 40.7 Å². The lowest BCUT2D eigenvalue weighted by Gasteiger charge is -2.44. The second-order valence-corrected chi connectivity index (χ2v) is 10.3. The average molecular weight is 480 g/mol. The highest BCUT2D eigenvalue weighted by Crippen LogP contribution is 2.53. The number of aliphatic carboxylic acids is 1. The Morgan fingerprint density at radius 3 is 2.66 bits per heavy atom. The van der Waals surface area contributed by atoms with E-state index < -0.39 is 17.0 Å². The number of carboxylic acids is 1. The number of halogens is 1. The van der Waals surface area contributed by atoms with Crippen molar-refractivity contribution in [1.82, 2.24) is 14.8 Å². The van der Waals surface area contributed by atoms with E-state index in [4.69, 9.17) is 9.47 Å². The van der Waals surface area contributed by atoms with Crippen LogP contribution >= 0.6 is 0 Å². The Balaban J connectivity index is 1.85. The van der Waals surface area contributed by atoms with Crippen molar-refractivity contribution in [3.05, 3.63) is 59.2 Å². The summed E-state index contributed by atoms with van der Waals surface area (Å²) in [6.07, 6.45) is 2.53. The number of benzene rings is 2. The zero-order valence-electron chi connectivity index (χ0n) is 20.6. The number of ether oxygens (including phenoxy) is 2. The highest BCUT2D eigenvalue weighted by atomic mass is 19.1. The lowest BCUT2D eigenvalue weighted by molar-refractivity contribution is -0.175. The molecule has 1 fully saturated rings. The number of aromatic nitrogens is 3. The average Bonchev–Trinajstić information content (AvgIpc) is 3.36. The van der Waals surface area contributed by atoms with Gasteiger partial charge in [0.05, 0.1) is 23.8 Å². The van der Waals surface area contributed by atoms with Gasteiger partial charge in [-0.3, -0.25) is 5.10 Å². The molecule has 0 bridgehead atoms. The number of nitrogens with zero attached hydrogens (tertiary/aromatic N) is 2. The quantitative estimate of drug-likeness (QED) is 0.379. The van der Waals surface area contributed by atoms with Crippen molar-refractivity contribution in [1.29, 1.82) is 0 Å². The van der Waals surface area contributed by atoms with Gasteiger partial charge in [0.25, 0.3) is 0 Å². The highest BCUT2D eigenvalue weighted by Gasteiger charge is 2.53. The van der Waals surface area contributed by atoms with Gasteiger partial charge in [-0.2, -0.15) is 5.10 Å². The van der Waals surface area contributed by atoms with Crippen molar-refractivity contribution >= 4 is 27.8 Å². The molecule has 5 rings (SSSR count). The van der Waals surface area contributed by atoms with Crippen LogP contribution in [0.2, 0.25) is 0 Å². The summed E-state index contributed by atoms with van der Waals surface area (Å²) in [5, 5.41) is 19.1. The number of methoxy groups -OCH3 is 2. The van der Waals surface area contributed by atoms with E-state index in [0.29, 0.717) is 25.0 Å². The fourth-order valence-electron chi connectivity index (χ4n) is 5.66. The molecule has 2 aromatic heterocycles. The summed E-state index contributed by atoms with van der Waals surface area (Å²) in [6, 6.07) is 9.29. The normalized spacial score (nSPS) is 20.5. The third kappa shape index (κ3) is 3.54. The Labute approximate surface area is 202 Å². The molecule has 0 amide bonds. The Morgan fingerprint density at radius 1 is 1.29 bits per heavy atom. The maximum absolute atomic E-state index is 14.2. The van der Waals surface area contributed by atoms with Gasteiger partial charge in [0.2, 0.25) is 0 Å². The Kier molecular flexibility index (Phi) is 5.49. The standard InChI is InChI=1S/C27H30FN3O4/c1-15-8-18(6-7-20(15)28)31-22-9-16-13-29-30-21(16)10-19(22)23(24(31)26(2,3)14-34-4)17-11-27(12-17,35-5)25(32)33/h6-10,13,17H,11-12,14H2,1-5H3,(H,29,30)(H,32,33)/t17-,27+. The number of rotatable bonds is 7. The molecule has 0 saturated heterocycles. The van der Waals surface area contributed by atoms with E-state index in [9.17, 15) is 14.3 Å². The molecule has 4 aromatic rings. The van der Waals surface area contributed by atoms with Crippen molar-refractivity contribution in [3.63, 3.8) is 0 Å². The Bertz CT molecular complexity index is 1450. The third-order valence-electron chi connectivity index (χ3n) is 7.45. The van der Waals surface area contributed by atoms with Gasteiger partial charge in [-0.15, -0.1) is 0 Å². The Morgan fingerprint density at radius 2 is 2.03 bits per heavy atom. The van der Waals surface area contributed by atoms with Gasteiger partial charge in [0.15, 0.2) is 5.60 Å². The van der Waals surface area contributed by atoms with Crippen LogP contribution in [0.1, 0.15) is 49.4 Å². The zero-order chi connectivity index (χ0) is 25.1. The van der Waals surface area contributed by atoms with Gasteiger partial charge in [-0.05, 0) is 67.1 Å². The molecule has 1 saturated carbocycles. The first-order valence-corrected chi connectivity index (χ1v) is 11.7. The maximum Gasteiger partial charge on any atom is 0.335 e. The topological polar surface area (TPSA) is 89.4 Å². The van der Waals surface area contributed by atoms with Crippen LogP contribution in [0.25, 0.3) is 27.5 Å². The van der Waals surface area contributed by atoms with Gasteiger partial charge in [0, 0.05) is 41.8 Å². The summed E-state index contributed by atoms with van der Waals surface area (Å²) in [4.78, 5) is 12.0. The van der Waals surface area contributed by atoms with E-state index in [1.807, 2.05) is 6.07 Å². The summed E-state index contributed by atoms with van der Waals surface area (Å²) in [5.74, 6) is -1.23. The van der Waals surface area contributed by atoms with E-state index in [0.717, 1.165) is 38.8 Å². The fraction of sp³-hybridized carbons (Fsp3) is 0.407. The number of H-pyrrole nitrogens is 1. The van der Waals surface area contributed by atoms with Crippen molar-refractivity contribution in [3.8, 4) is 5.69 Å². The second kappa shape index (κ2) is 8.17. The minimum atomic E-state index is -1.19. The highest BCUT2D eigenvalue weighted by molar-refractivity contribution is 5.99. The molecule has 1 aliphatic rings. The molecule has 0 unspecified atom stereocenters. The number of carboxylic acid groups (broad SMARTS) is 1. The molecule has 2 N–H and O–H groups in total. The number of hydrogen-bond acceptors (Lipinski definition) is 4. The van der Waals surface area contributed by atoms with Crippen LogP contribution in [0.3, 0.4) is 0 Å². The number of aryl methyl sites for hydroxylation is 1. The minimum Gasteiger partial charge on any atom is -0.479 e. The molecule has 2 heterocycles. The molecule has 0 aliphatic heterocycles. The predicted octanol–water partition coefficient (Wildman–Crippen LogP) is 5.23. The molecular weight excluding hydrogens is 449 g/mol. The first-order chi connectivity index (χ1) is 16.6. The van der Waals surface area contributed by atoms with Gasteiger partial charge < -0.3 is 19.1 Å². The van der Waals surface area contributed by atoms with Crippen LogP contribution in [0.4, 0.5) is 4.39 Å². The first kappa shape index (κ1) is 23.5. The largest absolute Gasteiger partial charge is 0.479 e. The number of hydrogen-bond donors (Lipinski definition) is 2. The van der Waals surface area contributed by atoms with Gasteiger partial charge in [-0.1, -0.05) is 13.8 Å². The SMILES string of the molecule is COCC(C)(C)c1c([C@H]2C[C@](OC)(C(=O)O)C2)c2cc3[nH]ncc3cc2n1-c1ccc(F)c(C)c1. The number of aromatic amines is 1. The summed E-state index contributed by atoms with van der Waals surface area (Å²) in [5.41, 5.74) is 3.76. The van der Waals surface area contributed by atoms with Crippen LogP contribution in [0.5, 0.6) is 0 Å². The fourth-order valence-corrected chi connectivity index (χ4v) is 5.66. The van der Waals surface area contributed by atoms with Crippen LogP contribution in [-0.2, 0) is 19.7 Å². The molecule has 0 atom stereocenters. The summed E-state index contributed by atoms with van der Waals surface area (Å²) < 4.78 is 27.5. The molecule has 0 radical (unpaired) electrons. The lowest BCUT2D eigenvalue weighted by atomic mass is 9.65. The second-order valence-electron chi connectivity index (χ2n) is 10.3. The third-order valence-corrected chi connectivity index (χ3v) is 7.45. The number of carbonyl (C=O) groups is 1. The molecule has 1 aliphatic carbocycles. The van der Waals surface area contributed by atoms with Gasteiger partial charge in [0.1, 0.15) is 5.82 Å². The van der Waals surface area contributed by atoms with E-state index >= 15 is 0 Å². The zero-order valence-corrected chi connectivity index (χ0v) is 20.6. The van der Waals surface area contributed by atoms with Crippen molar-refractivity contribution in [2.24, 2.45) is 0 Å².